The van der Waals surface area contributed by atoms with Crippen LogP contribution in [0.4, 0.5) is 0 Å². The summed E-state index contributed by atoms with van der Waals surface area (Å²) >= 11 is 0. The predicted molar refractivity (Wildman–Crippen MR) is 126 cm³/mol. The van der Waals surface area contributed by atoms with E-state index in [0.29, 0.717) is 36.5 Å². The predicted octanol–water partition coefficient (Wildman–Crippen LogP) is 4.07. The molecule has 174 valence electrons. The molecule has 7 nitrogen and oxygen atoms in total. The van der Waals surface area contributed by atoms with Crippen molar-refractivity contribution in [2.75, 3.05) is 33.4 Å². The highest BCUT2D eigenvalue weighted by molar-refractivity contribution is 5.93. The number of carbonyl (C=O) groups is 1. The van der Waals surface area contributed by atoms with Crippen LogP contribution in [0.5, 0.6) is 5.75 Å². The SMILES string of the molecule is Cc1oc(-c2ccccc2)nc1C(=O)NCc1cccc(OCCN(C)C2CCOCC2)c1. The van der Waals surface area contributed by atoms with Crippen LogP contribution in [-0.4, -0.2) is 55.2 Å². The Kier molecular flexibility index (Phi) is 7.75. The van der Waals surface area contributed by atoms with Gasteiger partial charge in [-0.05, 0) is 56.6 Å². The van der Waals surface area contributed by atoms with Gasteiger partial charge in [0.25, 0.3) is 5.91 Å². The van der Waals surface area contributed by atoms with E-state index in [-0.39, 0.29) is 5.91 Å². The van der Waals surface area contributed by atoms with Gasteiger partial charge in [0.2, 0.25) is 5.89 Å². The molecule has 0 spiro atoms. The molecule has 2 aromatic carbocycles. The molecule has 2 heterocycles. The first-order valence-electron chi connectivity index (χ1n) is 11.4. The zero-order valence-corrected chi connectivity index (χ0v) is 19.3. The largest absolute Gasteiger partial charge is 0.492 e. The Morgan fingerprint density at radius 1 is 1.15 bits per heavy atom. The number of hydrogen-bond acceptors (Lipinski definition) is 6. The van der Waals surface area contributed by atoms with E-state index < -0.39 is 0 Å². The number of nitrogens with zero attached hydrogens (tertiary/aromatic N) is 2. The summed E-state index contributed by atoms with van der Waals surface area (Å²) < 4.78 is 17.1. The summed E-state index contributed by atoms with van der Waals surface area (Å²) in [5.74, 6) is 1.48. The van der Waals surface area contributed by atoms with Gasteiger partial charge in [0.05, 0.1) is 0 Å². The fourth-order valence-electron chi connectivity index (χ4n) is 3.94. The summed E-state index contributed by atoms with van der Waals surface area (Å²) in [7, 11) is 2.14. The molecule has 0 atom stereocenters. The normalized spacial score (nSPS) is 14.4. The van der Waals surface area contributed by atoms with E-state index in [9.17, 15) is 4.79 Å². The van der Waals surface area contributed by atoms with Crippen LogP contribution >= 0.6 is 0 Å². The number of aromatic nitrogens is 1. The van der Waals surface area contributed by atoms with Crippen molar-refractivity contribution in [2.24, 2.45) is 0 Å². The molecule has 0 saturated carbocycles. The van der Waals surface area contributed by atoms with E-state index in [1.54, 1.807) is 6.92 Å². The maximum absolute atomic E-state index is 12.7. The summed E-state index contributed by atoms with van der Waals surface area (Å²) in [5, 5.41) is 2.93. The van der Waals surface area contributed by atoms with Crippen molar-refractivity contribution in [3.8, 4) is 17.2 Å². The van der Waals surface area contributed by atoms with E-state index in [1.165, 1.54) is 0 Å². The maximum Gasteiger partial charge on any atom is 0.273 e. The third-order valence-corrected chi connectivity index (χ3v) is 5.91. The van der Waals surface area contributed by atoms with E-state index in [4.69, 9.17) is 13.9 Å². The van der Waals surface area contributed by atoms with Crippen LogP contribution < -0.4 is 10.1 Å². The lowest BCUT2D eigenvalue weighted by Gasteiger charge is -2.31. The molecule has 33 heavy (non-hydrogen) atoms. The van der Waals surface area contributed by atoms with Gasteiger partial charge >= 0.3 is 0 Å². The number of benzene rings is 2. The standard InChI is InChI=1S/C26H31N3O4/c1-19-24(28-26(33-19)21-8-4-3-5-9-21)25(30)27-18-20-7-6-10-23(17-20)32-16-13-29(2)22-11-14-31-15-12-22/h3-10,17,22H,11-16,18H2,1-2H3,(H,27,30). The molecule has 3 aromatic rings. The first kappa shape index (κ1) is 23.0. The van der Waals surface area contributed by atoms with Gasteiger partial charge in [-0.3, -0.25) is 9.69 Å². The number of hydrogen-bond donors (Lipinski definition) is 1. The van der Waals surface area contributed by atoms with Crippen LogP contribution in [-0.2, 0) is 11.3 Å². The van der Waals surface area contributed by atoms with Crippen LogP contribution in [0.3, 0.4) is 0 Å². The highest BCUT2D eigenvalue weighted by Gasteiger charge is 2.19. The van der Waals surface area contributed by atoms with Crippen molar-refractivity contribution in [1.82, 2.24) is 15.2 Å². The minimum atomic E-state index is -0.261. The summed E-state index contributed by atoms with van der Waals surface area (Å²) in [4.78, 5) is 19.4. The lowest BCUT2D eigenvalue weighted by Crippen LogP contribution is -2.38. The minimum Gasteiger partial charge on any atom is -0.492 e. The summed E-state index contributed by atoms with van der Waals surface area (Å²) in [6, 6.07) is 17.9. The van der Waals surface area contributed by atoms with Crippen LogP contribution in [0, 0.1) is 6.92 Å². The van der Waals surface area contributed by atoms with Gasteiger partial charge in [-0.2, -0.15) is 0 Å². The molecule has 0 unspecified atom stereocenters. The molecule has 0 radical (unpaired) electrons. The maximum atomic E-state index is 12.7. The molecule has 1 aliphatic heterocycles. The number of ether oxygens (including phenoxy) is 2. The number of nitrogens with one attached hydrogen (secondary N) is 1. The van der Waals surface area contributed by atoms with Gasteiger partial charge in [0, 0.05) is 37.9 Å². The Bertz CT molecular complexity index is 1040. The summed E-state index contributed by atoms with van der Waals surface area (Å²) in [6.07, 6.45) is 2.15. The Morgan fingerprint density at radius 3 is 2.73 bits per heavy atom. The zero-order chi connectivity index (χ0) is 23.0. The molecule has 0 aliphatic carbocycles. The van der Waals surface area contributed by atoms with Gasteiger partial charge in [0.1, 0.15) is 18.1 Å². The van der Waals surface area contributed by atoms with E-state index in [0.717, 1.165) is 49.5 Å². The van der Waals surface area contributed by atoms with Crippen LogP contribution in [0.15, 0.2) is 59.0 Å². The van der Waals surface area contributed by atoms with Gasteiger partial charge in [-0.15, -0.1) is 0 Å². The average Bonchev–Trinajstić information content (AvgIpc) is 3.25. The third-order valence-electron chi connectivity index (χ3n) is 5.91. The third kappa shape index (κ3) is 6.21. The monoisotopic (exact) mass is 449 g/mol. The lowest BCUT2D eigenvalue weighted by atomic mass is 10.1. The quantitative estimate of drug-likeness (QED) is 0.531. The van der Waals surface area contributed by atoms with Gasteiger partial charge < -0.3 is 19.2 Å². The highest BCUT2D eigenvalue weighted by Crippen LogP contribution is 2.21. The molecular weight excluding hydrogens is 418 g/mol. The van der Waals surface area contributed by atoms with Gasteiger partial charge in [-0.1, -0.05) is 30.3 Å². The summed E-state index contributed by atoms with van der Waals surface area (Å²) in [5.41, 5.74) is 2.10. The van der Waals surface area contributed by atoms with E-state index >= 15 is 0 Å². The first-order valence-corrected chi connectivity index (χ1v) is 11.4. The van der Waals surface area contributed by atoms with Crippen LogP contribution in [0.25, 0.3) is 11.5 Å². The molecule has 4 rings (SSSR count). The number of aryl methyl sites for hydroxylation is 1. The molecule has 1 fully saturated rings. The second kappa shape index (κ2) is 11.1. The van der Waals surface area contributed by atoms with E-state index in [2.05, 4.69) is 22.2 Å². The molecule has 0 bridgehead atoms. The van der Waals surface area contributed by atoms with Crippen molar-refractivity contribution >= 4 is 5.91 Å². The minimum absolute atomic E-state index is 0.261. The Morgan fingerprint density at radius 2 is 1.94 bits per heavy atom. The molecule has 1 aromatic heterocycles. The number of likely N-dealkylation sites (N-methyl/N-ethyl adjacent to an activating group) is 1. The van der Waals surface area contributed by atoms with Crippen molar-refractivity contribution in [2.45, 2.75) is 32.4 Å². The van der Waals surface area contributed by atoms with Crippen molar-refractivity contribution in [1.29, 1.82) is 0 Å². The fraction of sp³-hybridized carbons (Fsp3) is 0.385. The van der Waals surface area contributed by atoms with Crippen LogP contribution in [0.2, 0.25) is 0 Å². The molecule has 1 amide bonds. The first-order chi connectivity index (χ1) is 16.1. The van der Waals surface area contributed by atoms with Gasteiger partial charge in [0.15, 0.2) is 5.69 Å². The topological polar surface area (TPSA) is 76.8 Å². The Balaban J connectivity index is 1.28. The number of carbonyl (C=O) groups excluding carboxylic acids is 1. The second-order valence-electron chi connectivity index (χ2n) is 8.29. The van der Waals surface area contributed by atoms with Crippen LogP contribution in [0.1, 0.15) is 34.7 Å². The second-order valence-corrected chi connectivity index (χ2v) is 8.29. The van der Waals surface area contributed by atoms with E-state index in [1.807, 2.05) is 54.6 Å². The number of oxazole rings is 1. The Hall–Kier alpha value is -3.16. The highest BCUT2D eigenvalue weighted by atomic mass is 16.5. The molecule has 7 heteroatoms. The number of amides is 1. The fourth-order valence-corrected chi connectivity index (χ4v) is 3.94. The summed E-state index contributed by atoms with van der Waals surface area (Å²) in [6.45, 7) is 5.28. The van der Waals surface area contributed by atoms with Gasteiger partial charge in [-0.25, -0.2) is 4.98 Å². The number of rotatable bonds is 9. The molecule has 1 N–H and O–H groups in total. The molecular formula is C26H31N3O4. The lowest BCUT2D eigenvalue weighted by molar-refractivity contribution is 0.0392. The van der Waals surface area contributed by atoms with Crippen molar-refractivity contribution in [3.63, 3.8) is 0 Å². The smallest absolute Gasteiger partial charge is 0.273 e. The Labute approximate surface area is 194 Å². The zero-order valence-electron chi connectivity index (χ0n) is 19.3. The van der Waals surface area contributed by atoms with Crippen molar-refractivity contribution in [3.05, 3.63) is 71.6 Å². The molecule has 1 saturated heterocycles. The van der Waals surface area contributed by atoms with Crippen molar-refractivity contribution < 1.29 is 18.7 Å². The average molecular weight is 450 g/mol. The molecule has 1 aliphatic rings.